The summed E-state index contributed by atoms with van der Waals surface area (Å²) in [6.07, 6.45) is 8.96. The number of likely N-dealkylation sites (tertiary alicyclic amines) is 1. The average molecular weight is 305 g/mol. The summed E-state index contributed by atoms with van der Waals surface area (Å²) in [7, 11) is 0. The zero-order chi connectivity index (χ0) is 14.7. The summed E-state index contributed by atoms with van der Waals surface area (Å²) in [4.78, 5) is 21.1. The van der Waals surface area contributed by atoms with Gasteiger partial charge in [-0.05, 0) is 44.3 Å². The largest absolute Gasteiger partial charge is 0.465 e. The summed E-state index contributed by atoms with van der Waals surface area (Å²) >= 11 is 1.51. The molecular weight excluding hydrogens is 286 g/mol. The molecule has 0 saturated carbocycles. The lowest BCUT2D eigenvalue weighted by atomic mass is 10.1. The van der Waals surface area contributed by atoms with E-state index in [2.05, 4.69) is 9.89 Å². The Balaban J connectivity index is 1.75. The Hall–Kier alpha value is -1.53. The Labute approximate surface area is 128 Å². The lowest BCUT2D eigenvalue weighted by Gasteiger charge is -2.30. The minimum atomic E-state index is -0.0404. The highest BCUT2D eigenvalue weighted by atomic mass is 32.2. The fraction of sp³-hybridized carbons (Fsp3) is 0.467. The van der Waals surface area contributed by atoms with Crippen molar-refractivity contribution in [3.05, 3.63) is 29.9 Å². The summed E-state index contributed by atoms with van der Waals surface area (Å²) in [5.41, 5.74) is 0.450. The second-order valence-electron chi connectivity index (χ2n) is 5.20. The average Bonchev–Trinajstić information content (AvgIpc) is 3.12. The third-order valence-electron chi connectivity index (χ3n) is 3.71. The van der Waals surface area contributed by atoms with Crippen LogP contribution >= 0.6 is 11.8 Å². The van der Waals surface area contributed by atoms with E-state index in [9.17, 15) is 4.79 Å². The highest BCUT2D eigenvalue weighted by Gasteiger charge is 2.31. The molecular formula is C15H19N3O2S. The van der Waals surface area contributed by atoms with Crippen LogP contribution < -0.4 is 0 Å². The SMILES string of the molecule is CSC1=N/C(=C/c2ccco2)C(=O)N1CN1CCCCC1. The molecule has 112 valence electrons. The Kier molecular flexibility index (Phi) is 4.45. The molecule has 1 saturated heterocycles. The van der Waals surface area contributed by atoms with Crippen LogP contribution in [-0.2, 0) is 4.79 Å². The molecule has 0 radical (unpaired) electrons. The van der Waals surface area contributed by atoms with E-state index in [1.165, 1.54) is 31.0 Å². The second-order valence-corrected chi connectivity index (χ2v) is 5.97. The van der Waals surface area contributed by atoms with E-state index in [1.807, 2.05) is 12.3 Å². The van der Waals surface area contributed by atoms with Gasteiger partial charge < -0.3 is 4.42 Å². The molecule has 2 aliphatic heterocycles. The van der Waals surface area contributed by atoms with Crippen LogP contribution in [0, 0.1) is 0 Å². The van der Waals surface area contributed by atoms with Crippen molar-refractivity contribution in [3.8, 4) is 0 Å². The second kappa shape index (κ2) is 6.49. The van der Waals surface area contributed by atoms with Gasteiger partial charge in [0.2, 0.25) is 0 Å². The predicted octanol–water partition coefficient (Wildman–Crippen LogP) is 2.63. The first-order chi connectivity index (χ1) is 10.3. The van der Waals surface area contributed by atoms with Crippen LogP contribution in [0.25, 0.3) is 6.08 Å². The van der Waals surface area contributed by atoms with Gasteiger partial charge in [0.05, 0.1) is 12.9 Å². The van der Waals surface area contributed by atoms with E-state index in [-0.39, 0.29) is 5.91 Å². The van der Waals surface area contributed by atoms with Crippen molar-refractivity contribution in [3.63, 3.8) is 0 Å². The van der Waals surface area contributed by atoms with Gasteiger partial charge in [-0.15, -0.1) is 0 Å². The molecule has 21 heavy (non-hydrogen) atoms. The molecule has 5 nitrogen and oxygen atoms in total. The van der Waals surface area contributed by atoms with Crippen LogP contribution in [0.5, 0.6) is 0 Å². The van der Waals surface area contributed by atoms with Gasteiger partial charge in [0, 0.05) is 6.08 Å². The minimum absolute atomic E-state index is 0.0404. The molecule has 0 N–H and O–H groups in total. The fourth-order valence-electron chi connectivity index (χ4n) is 2.62. The Morgan fingerprint density at radius 2 is 2.19 bits per heavy atom. The maximum Gasteiger partial charge on any atom is 0.279 e. The number of hydrogen-bond donors (Lipinski definition) is 0. The molecule has 2 aliphatic rings. The first-order valence-corrected chi connectivity index (χ1v) is 8.42. The highest BCUT2D eigenvalue weighted by molar-refractivity contribution is 8.13. The molecule has 1 fully saturated rings. The summed E-state index contributed by atoms with van der Waals surface area (Å²) in [5, 5.41) is 0.767. The molecule has 1 aromatic rings. The van der Waals surface area contributed by atoms with E-state index >= 15 is 0 Å². The van der Waals surface area contributed by atoms with Crippen molar-refractivity contribution in [1.29, 1.82) is 0 Å². The van der Waals surface area contributed by atoms with Gasteiger partial charge in [-0.1, -0.05) is 18.2 Å². The monoisotopic (exact) mass is 305 g/mol. The van der Waals surface area contributed by atoms with Gasteiger partial charge in [-0.25, -0.2) is 4.99 Å². The quantitative estimate of drug-likeness (QED) is 0.806. The fourth-order valence-corrected chi connectivity index (χ4v) is 3.17. The number of hydrogen-bond acceptors (Lipinski definition) is 5. The summed E-state index contributed by atoms with van der Waals surface area (Å²) in [6.45, 7) is 2.75. The number of amides is 1. The molecule has 0 bridgehead atoms. The van der Waals surface area contributed by atoms with Crippen molar-refractivity contribution in [2.75, 3.05) is 26.0 Å². The lowest BCUT2D eigenvalue weighted by Crippen LogP contribution is -2.43. The van der Waals surface area contributed by atoms with Crippen LogP contribution in [0.2, 0.25) is 0 Å². The molecule has 1 amide bonds. The van der Waals surface area contributed by atoms with Crippen LogP contribution in [0.4, 0.5) is 0 Å². The molecule has 0 atom stereocenters. The minimum Gasteiger partial charge on any atom is -0.465 e. The van der Waals surface area contributed by atoms with E-state index in [4.69, 9.17) is 4.42 Å². The molecule has 0 aliphatic carbocycles. The predicted molar refractivity (Wildman–Crippen MR) is 84.8 cm³/mol. The van der Waals surface area contributed by atoms with E-state index in [0.29, 0.717) is 18.1 Å². The number of thioether (sulfide) groups is 1. The van der Waals surface area contributed by atoms with Crippen LogP contribution in [0.3, 0.4) is 0 Å². The number of piperidine rings is 1. The summed E-state index contributed by atoms with van der Waals surface area (Å²) in [6, 6.07) is 3.62. The molecule has 0 aromatic carbocycles. The maximum absolute atomic E-state index is 12.5. The van der Waals surface area contributed by atoms with Crippen molar-refractivity contribution in [1.82, 2.24) is 9.80 Å². The number of furan rings is 1. The maximum atomic E-state index is 12.5. The zero-order valence-electron chi connectivity index (χ0n) is 12.1. The van der Waals surface area contributed by atoms with E-state index in [0.717, 1.165) is 18.3 Å². The van der Waals surface area contributed by atoms with Crippen LogP contribution in [0.1, 0.15) is 25.0 Å². The number of aliphatic imine (C=N–C) groups is 1. The van der Waals surface area contributed by atoms with Gasteiger partial charge in [-0.2, -0.15) is 0 Å². The first kappa shape index (κ1) is 14.4. The van der Waals surface area contributed by atoms with Crippen LogP contribution in [-0.4, -0.2) is 46.9 Å². The topological polar surface area (TPSA) is 49.1 Å². The summed E-state index contributed by atoms with van der Waals surface area (Å²) in [5.74, 6) is 0.615. The normalized spacial score (nSPS) is 22.1. The van der Waals surface area contributed by atoms with Gasteiger partial charge in [0.15, 0.2) is 5.17 Å². The van der Waals surface area contributed by atoms with Gasteiger partial charge in [0.1, 0.15) is 11.5 Å². The first-order valence-electron chi connectivity index (χ1n) is 7.20. The van der Waals surface area contributed by atoms with Gasteiger partial charge >= 0.3 is 0 Å². The van der Waals surface area contributed by atoms with Crippen molar-refractivity contribution in [2.24, 2.45) is 4.99 Å². The number of nitrogens with zero attached hydrogens (tertiary/aromatic N) is 3. The molecule has 0 unspecified atom stereocenters. The Morgan fingerprint density at radius 3 is 2.86 bits per heavy atom. The highest BCUT2D eigenvalue weighted by Crippen LogP contribution is 2.23. The lowest BCUT2D eigenvalue weighted by molar-refractivity contribution is -0.124. The molecule has 6 heteroatoms. The van der Waals surface area contributed by atoms with Crippen LogP contribution in [0.15, 0.2) is 33.5 Å². The van der Waals surface area contributed by atoms with Crippen molar-refractivity contribution >= 4 is 28.9 Å². The molecule has 3 heterocycles. The number of carbonyl (C=O) groups excluding carboxylic acids is 1. The molecule has 0 spiro atoms. The molecule has 1 aromatic heterocycles. The smallest absolute Gasteiger partial charge is 0.279 e. The van der Waals surface area contributed by atoms with E-state index < -0.39 is 0 Å². The zero-order valence-corrected chi connectivity index (χ0v) is 12.9. The van der Waals surface area contributed by atoms with E-state index in [1.54, 1.807) is 23.3 Å². The molecule has 3 rings (SSSR count). The van der Waals surface area contributed by atoms with Crippen molar-refractivity contribution in [2.45, 2.75) is 19.3 Å². The standard InChI is InChI=1S/C15H19N3O2S/c1-21-15-16-13(10-12-6-5-9-20-12)14(19)18(15)11-17-7-3-2-4-8-17/h5-6,9-10H,2-4,7-8,11H2,1H3/b13-10+. The Bertz CT molecular complexity index is 559. The number of carbonyl (C=O) groups is 1. The summed E-state index contributed by atoms with van der Waals surface area (Å²) < 4.78 is 5.26. The number of amidine groups is 1. The van der Waals surface area contributed by atoms with Gasteiger partial charge in [0.25, 0.3) is 5.91 Å². The van der Waals surface area contributed by atoms with Crippen molar-refractivity contribution < 1.29 is 9.21 Å². The third-order valence-corrected chi connectivity index (χ3v) is 4.38. The number of rotatable bonds is 3. The van der Waals surface area contributed by atoms with Gasteiger partial charge in [-0.3, -0.25) is 14.6 Å². The third kappa shape index (κ3) is 3.22. The Morgan fingerprint density at radius 1 is 1.38 bits per heavy atom.